The predicted octanol–water partition coefficient (Wildman–Crippen LogP) is 1.91. The molecule has 17 heavy (non-hydrogen) atoms. The topological polar surface area (TPSA) is 57.2 Å². The molecule has 90 valence electrons. The quantitative estimate of drug-likeness (QED) is 0.875. The van der Waals surface area contributed by atoms with Gasteiger partial charge in [-0.05, 0) is 38.1 Å². The zero-order valence-corrected chi connectivity index (χ0v) is 10.0. The number of primary amides is 1. The number of benzene rings is 1. The number of ether oxygens (including phenoxy) is 1. The van der Waals surface area contributed by atoms with Crippen molar-refractivity contribution in [1.82, 2.24) is 4.57 Å². The van der Waals surface area contributed by atoms with Crippen LogP contribution in [0.25, 0.3) is 10.9 Å². The Kier molecular flexibility index (Phi) is 3.04. The van der Waals surface area contributed by atoms with Crippen molar-refractivity contribution in [1.29, 1.82) is 0 Å². The van der Waals surface area contributed by atoms with Crippen LogP contribution in [0.5, 0.6) is 5.75 Å². The highest BCUT2D eigenvalue weighted by molar-refractivity contribution is 5.84. The molecule has 0 radical (unpaired) electrons. The molecule has 1 amide bonds. The van der Waals surface area contributed by atoms with Crippen LogP contribution in [0.4, 0.5) is 0 Å². The highest BCUT2D eigenvalue weighted by Crippen LogP contribution is 2.22. The van der Waals surface area contributed by atoms with Gasteiger partial charge < -0.3 is 15.0 Å². The molecule has 2 N–H and O–H groups in total. The number of nitrogens with zero attached hydrogens (tertiary/aromatic N) is 1. The predicted molar refractivity (Wildman–Crippen MR) is 66.9 cm³/mol. The monoisotopic (exact) mass is 232 g/mol. The first-order chi connectivity index (χ1) is 8.06. The maximum absolute atomic E-state index is 10.9. The van der Waals surface area contributed by atoms with Crippen LogP contribution in [-0.4, -0.2) is 16.6 Å². The molecule has 0 aliphatic carbocycles. The maximum atomic E-state index is 10.9. The highest BCUT2D eigenvalue weighted by Gasteiger charge is 2.05. The number of carbonyl (C=O) groups is 1. The number of rotatable bonds is 4. The molecule has 0 spiro atoms. The molecule has 4 heteroatoms. The molecule has 0 saturated heterocycles. The van der Waals surface area contributed by atoms with Crippen molar-refractivity contribution in [2.24, 2.45) is 5.73 Å². The third-order valence-corrected chi connectivity index (χ3v) is 2.44. The van der Waals surface area contributed by atoms with Crippen molar-refractivity contribution < 1.29 is 9.53 Å². The van der Waals surface area contributed by atoms with Crippen LogP contribution >= 0.6 is 0 Å². The molecule has 4 nitrogen and oxygen atoms in total. The van der Waals surface area contributed by atoms with Crippen LogP contribution < -0.4 is 10.5 Å². The van der Waals surface area contributed by atoms with E-state index in [0.717, 1.165) is 16.7 Å². The summed E-state index contributed by atoms with van der Waals surface area (Å²) < 4.78 is 7.44. The number of carbonyl (C=O) groups excluding carboxylic acids is 1. The van der Waals surface area contributed by atoms with Crippen molar-refractivity contribution in [3.05, 3.63) is 30.5 Å². The molecule has 1 aromatic heterocycles. The summed E-state index contributed by atoms with van der Waals surface area (Å²) in [4.78, 5) is 10.9. The van der Waals surface area contributed by atoms with Crippen molar-refractivity contribution in [2.75, 3.05) is 0 Å². The summed E-state index contributed by atoms with van der Waals surface area (Å²) in [7, 11) is 0. The van der Waals surface area contributed by atoms with E-state index in [-0.39, 0.29) is 18.6 Å². The molecule has 0 atom stereocenters. The lowest BCUT2D eigenvalue weighted by Gasteiger charge is -2.09. The Hall–Kier alpha value is -1.97. The molecule has 0 saturated carbocycles. The first kappa shape index (κ1) is 11.5. The van der Waals surface area contributed by atoms with Crippen molar-refractivity contribution in [3.63, 3.8) is 0 Å². The third-order valence-electron chi connectivity index (χ3n) is 2.44. The number of aromatic nitrogens is 1. The summed E-state index contributed by atoms with van der Waals surface area (Å²) in [5, 5.41) is 1.05. The van der Waals surface area contributed by atoms with E-state index in [1.807, 2.05) is 48.9 Å². The van der Waals surface area contributed by atoms with Crippen molar-refractivity contribution in [3.8, 4) is 5.75 Å². The lowest BCUT2D eigenvalue weighted by Crippen LogP contribution is -2.17. The lowest BCUT2D eigenvalue weighted by molar-refractivity contribution is -0.118. The van der Waals surface area contributed by atoms with Gasteiger partial charge in [-0.25, -0.2) is 0 Å². The zero-order valence-electron chi connectivity index (χ0n) is 10.0. The standard InChI is InChI=1S/C13H16N2O2/c1-9(2)17-11-3-4-12-10(7-11)5-6-15(12)8-13(14)16/h3-7,9H,8H2,1-2H3,(H2,14,16). The van der Waals surface area contributed by atoms with Gasteiger partial charge in [-0.1, -0.05) is 0 Å². The van der Waals surface area contributed by atoms with Gasteiger partial charge in [-0.3, -0.25) is 4.79 Å². The van der Waals surface area contributed by atoms with E-state index in [0.29, 0.717) is 0 Å². The smallest absolute Gasteiger partial charge is 0.237 e. The molecule has 0 aliphatic heterocycles. The Balaban J connectivity index is 2.34. The van der Waals surface area contributed by atoms with Crippen molar-refractivity contribution in [2.45, 2.75) is 26.5 Å². The Morgan fingerprint density at radius 2 is 2.18 bits per heavy atom. The second-order valence-corrected chi connectivity index (χ2v) is 4.30. The number of nitrogens with two attached hydrogens (primary N) is 1. The van der Waals surface area contributed by atoms with Crippen LogP contribution in [0.3, 0.4) is 0 Å². The Bertz CT molecular complexity index is 543. The average Bonchev–Trinajstić information content (AvgIpc) is 2.59. The van der Waals surface area contributed by atoms with E-state index in [4.69, 9.17) is 10.5 Å². The van der Waals surface area contributed by atoms with Crippen LogP contribution in [0.1, 0.15) is 13.8 Å². The van der Waals surface area contributed by atoms with Crippen LogP contribution in [0.2, 0.25) is 0 Å². The molecule has 0 aliphatic rings. The molecule has 2 rings (SSSR count). The molecule has 1 aromatic carbocycles. The molecule has 1 heterocycles. The summed E-state index contributed by atoms with van der Waals surface area (Å²) in [6.45, 7) is 4.18. The normalized spacial score (nSPS) is 11.0. The van der Waals surface area contributed by atoms with Gasteiger partial charge in [-0.15, -0.1) is 0 Å². The number of hydrogen-bond donors (Lipinski definition) is 1. The lowest BCUT2D eigenvalue weighted by atomic mass is 10.2. The van der Waals surface area contributed by atoms with Crippen LogP contribution in [-0.2, 0) is 11.3 Å². The molecule has 2 aromatic rings. The van der Waals surface area contributed by atoms with E-state index >= 15 is 0 Å². The van der Waals surface area contributed by atoms with E-state index < -0.39 is 0 Å². The second-order valence-electron chi connectivity index (χ2n) is 4.30. The fourth-order valence-electron chi connectivity index (χ4n) is 1.83. The van der Waals surface area contributed by atoms with Gasteiger partial charge >= 0.3 is 0 Å². The summed E-state index contributed by atoms with van der Waals surface area (Å²) >= 11 is 0. The van der Waals surface area contributed by atoms with Gasteiger partial charge in [0.15, 0.2) is 0 Å². The largest absolute Gasteiger partial charge is 0.491 e. The average molecular weight is 232 g/mol. The first-order valence-electron chi connectivity index (χ1n) is 5.60. The van der Waals surface area contributed by atoms with E-state index in [2.05, 4.69) is 0 Å². The molecule has 0 bridgehead atoms. The summed E-state index contributed by atoms with van der Waals surface area (Å²) in [6.07, 6.45) is 2.01. The van der Waals surface area contributed by atoms with Gasteiger partial charge in [0.2, 0.25) is 5.91 Å². The van der Waals surface area contributed by atoms with Gasteiger partial charge in [0.05, 0.1) is 6.10 Å². The highest BCUT2D eigenvalue weighted by atomic mass is 16.5. The van der Waals surface area contributed by atoms with E-state index in [1.54, 1.807) is 0 Å². The fraction of sp³-hybridized carbons (Fsp3) is 0.308. The van der Waals surface area contributed by atoms with Crippen LogP contribution in [0, 0.1) is 0 Å². The van der Waals surface area contributed by atoms with E-state index in [9.17, 15) is 4.79 Å². The first-order valence-corrected chi connectivity index (χ1v) is 5.60. The Morgan fingerprint density at radius 1 is 1.41 bits per heavy atom. The Labute approximate surface area is 100.0 Å². The Morgan fingerprint density at radius 3 is 2.82 bits per heavy atom. The van der Waals surface area contributed by atoms with Gasteiger partial charge in [0, 0.05) is 17.1 Å². The van der Waals surface area contributed by atoms with Crippen molar-refractivity contribution >= 4 is 16.8 Å². The third kappa shape index (κ3) is 2.58. The fourth-order valence-corrected chi connectivity index (χ4v) is 1.83. The van der Waals surface area contributed by atoms with E-state index in [1.165, 1.54) is 0 Å². The number of amides is 1. The summed E-state index contributed by atoms with van der Waals surface area (Å²) in [5.41, 5.74) is 6.17. The second kappa shape index (κ2) is 4.49. The summed E-state index contributed by atoms with van der Waals surface area (Å²) in [5.74, 6) is 0.495. The maximum Gasteiger partial charge on any atom is 0.237 e. The van der Waals surface area contributed by atoms with Crippen LogP contribution in [0.15, 0.2) is 30.5 Å². The number of fused-ring (bicyclic) bond motifs is 1. The minimum Gasteiger partial charge on any atom is -0.491 e. The zero-order chi connectivity index (χ0) is 12.4. The molecular formula is C13H16N2O2. The minimum absolute atomic E-state index is 0.153. The molecular weight excluding hydrogens is 216 g/mol. The van der Waals surface area contributed by atoms with Gasteiger partial charge in [0.1, 0.15) is 12.3 Å². The molecule has 0 unspecified atom stereocenters. The minimum atomic E-state index is -0.343. The SMILES string of the molecule is CC(C)Oc1ccc2c(ccn2CC(N)=O)c1. The molecule has 0 fully saturated rings. The van der Waals surface area contributed by atoms with Gasteiger partial charge in [0.25, 0.3) is 0 Å². The summed E-state index contributed by atoms with van der Waals surface area (Å²) in [6, 6.07) is 7.76. The van der Waals surface area contributed by atoms with Gasteiger partial charge in [-0.2, -0.15) is 0 Å². The number of hydrogen-bond acceptors (Lipinski definition) is 2.